The van der Waals surface area contributed by atoms with E-state index >= 15 is 0 Å². The van der Waals surface area contributed by atoms with Crippen LogP contribution in [0.15, 0.2) is 18.2 Å². The molecule has 104 valence electrons. The van der Waals surface area contributed by atoms with Gasteiger partial charge in [-0.05, 0) is 31.7 Å². The smallest absolute Gasteiger partial charge is 0.238 e. The van der Waals surface area contributed by atoms with Gasteiger partial charge in [0.25, 0.3) is 0 Å². The molecule has 0 spiro atoms. The van der Waals surface area contributed by atoms with Gasteiger partial charge in [0.2, 0.25) is 5.91 Å². The second-order valence-corrected chi connectivity index (χ2v) is 5.15. The minimum absolute atomic E-state index is 0.108. The quantitative estimate of drug-likeness (QED) is 0.824. The zero-order chi connectivity index (χ0) is 13.8. The minimum atomic E-state index is -0.108. The Morgan fingerprint density at radius 1 is 1.63 bits per heavy atom. The first kappa shape index (κ1) is 14.1. The van der Waals surface area contributed by atoms with Crippen LogP contribution in [0.25, 0.3) is 0 Å². The van der Waals surface area contributed by atoms with Crippen molar-refractivity contribution in [2.24, 2.45) is 0 Å². The number of nitrogens with two attached hydrogens (primary N) is 1. The van der Waals surface area contributed by atoms with E-state index in [0.717, 1.165) is 13.0 Å². The summed E-state index contributed by atoms with van der Waals surface area (Å²) in [6.07, 6.45) is 0.961. The molecular formula is C13H18ClN3O2. The van der Waals surface area contributed by atoms with E-state index in [-0.39, 0.29) is 5.91 Å². The van der Waals surface area contributed by atoms with Gasteiger partial charge in [-0.25, -0.2) is 0 Å². The Balaban J connectivity index is 1.91. The highest BCUT2D eigenvalue weighted by atomic mass is 35.5. The van der Waals surface area contributed by atoms with Gasteiger partial charge >= 0.3 is 0 Å². The van der Waals surface area contributed by atoms with Crippen LogP contribution in [0.3, 0.4) is 0 Å². The number of nitrogens with one attached hydrogen (secondary N) is 1. The van der Waals surface area contributed by atoms with Gasteiger partial charge in [0.1, 0.15) is 0 Å². The standard InChI is InChI=1S/C13H18ClN3O2/c1-17(10-4-5-19-8-10)7-13(18)16-12-6-9(14)2-3-11(12)15/h2-3,6,10H,4-5,7-8,15H2,1H3,(H,16,18). The van der Waals surface area contributed by atoms with Gasteiger partial charge in [-0.15, -0.1) is 0 Å². The molecule has 6 heteroatoms. The number of benzene rings is 1. The van der Waals surface area contributed by atoms with E-state index in [1.807, 2.05) is 11.9 Å². The number of rotatable bonds is 4. The normalized spacial score (nSPS) is 18.8. The first-order chi connectivity index (χ1) is 9.06. The van der Waals surface area contributed by atoms with Crippen LogP contribution in [0.4, 0.5) is 11.4 Å². The molecule has 3 N–H and O–H groups in total. The first-order valence-corrected chi connectivity index (χ1v) is 6.57. The maximum Gasteiger partial charge on any atom is 0.238 e. The molecule has 1 amide bonds. The number of nitrogen functional groups attached to an aromatic ring is 1. The second kappa shape index (κ2) is 6.23. The number of halogens is 1. The van der Waals surface area contributed by atoms with E-state index in [4.69, 9.17) is 22.1 Å². The molecule has 0 bridgehead atoms. The highest BCUT2D eigenvalue weighted by Gasteiger charge is 2.22. The van der Waals surface area contributed by atoms with Crippen LogP contribution < -0.4 is 11.1 Å². The van der Waals surface area contributed by atoms with E-state index < -0.39 is 0 Å². The summed E-state index contributed by atoms with van der Waals surface area (Å²) in [6, 6.07) is 5.32. The van der Waals surface area contributed by atoms with Crippen LogP contribution in [0.1, 0.15) is 6.42 Å². The number of anilines is 2. The summed E-state index contributed by atoms with van der Waals surface area (Å²) in [5.74, 6) is -0.108. The third-order valence-corrected chi connectivity index (χ3v) is 3.45. The van der Waals surface area contributed by atoms with Gasteiger partial charge in [-0.1, -0.05) is 11.6 Å². The maximum atomic E-state index is 12.0. The summed E-state index contributed by atoms with van der Waals surface area (Å²) in [6.45, 7) is 1.75. The molecule has 0 aliphatic carbocycles. The van der Waals surface area contributed by atoms with Crippen LogP contribution in [0.5, 0.6) is 0 Å². The van der Waals surface area contributed by atoms with Crippen LogP contribution in [0, 0.1) is 0 Å². The third-order valence-electron chi connectivity index (χ3n) is 3.21. The molecule has 0 saturated carbocycles. The molecule has 1 aliphatic rings. The molecule has 5 nitrogen and oxygen atoms in total. The Kier molecular flexibility index (Phi) is 4.63. The SMILES string of the molecule is CN(CC(=O)Nc1cc(Cl)ccc1N)C1CCOC1. The van der Waals surface area contributed by atoms with Gasteiger partial charge in [-0.2, -0.15) is 0 Å². The lowest BCUT2D eigenvalue weighted by molar-refractivity contribution is -0.117. The number of nitrogens with zero attached hydrogens (tertiary/aromatic N) is 1. The summed E-state index contributed by atoms with van der Waals surface area (Å²) in [5.41, 5.74) is 6.84. The fourth-order valence-corrected chi connectivity index (χ4v) is 2.22. The molecule has 0 aromatic heterocycles. The zero-order valence-corrected chi connectivity index (χ0v) is 11.6. The Bertz CT molecular complexity index is 461. The maximum absolute atomic E-state index is 12.0. The van der Waals surface area contributed by atoms with Crippen LogP contribution in [-0.2, 0) is 9.53 Å². The molecular weight excluding hydrogens is 266 g/mol. The topological polar surface area (TPSA) is 67.6 Å². The van der Waals surface area contributed by atoms with Crippen molar-refractivity contribution in [3.05, 3.63) is 23.2 Å². The van der Waals surface area contributed by atoms with Crippen LogP contribution in [-0.4, -0.2) is 43.7 Å². The minimum Gasteiger partial charge on any atom is -0.397 e. The Labute approximate surface area is 117 Å². The highest BCUT2D eigenvalue weighted by molar-refractivity contribution is 6.31. The van der Waals surface area contributed by atoms with E-state index in [1.165, 1.54) is 0 Å². The molecule has 1 atom stereocenters. The van der Waals surface area contributed by atoms with Crippen molar-refractivity contribution in [3.8, 4) is 0 Å². The fraction of sp³-hybridized carbons (Fsp3) is 0.462. The number of ether oxygens (including phenoxy) is 1. The van der Waals surface area contributed by atoms with Gasteiger partial charge in [0.05, 0.1) is 24.5 Å². The highest BCUT2D eigenvalue weighted by Crippen LogP contribution is 2.22. The largest absolute Gasteiger partial charge is 0.397 e. The summed E-state index contributed by atoms with van der Waals surface area (Å²) < 4.78 is 5.30. The van der Waals surface area contributed by atoms with Gasteiger partial charge in [-0.3, -0.25) is 9.69 Å². The average Bonchev–Trinajstić information content (AvgIpc) is 2.87. The second-order valence-electron chi connectivity index (χ2n) is 4.71. The predicted molar refractivity (Wildman–Crippen MR) is 76.3 cm³/mol. The molecule has 1 heterocycles. The molecule has 1 aromatic rings. The van der Waals surface area contributed by atoms with Gasteiger partial charge in [0, 0.05) is 17.7 Å². The number of hydrogen-bond donors (Lipinski definition) is 2. The van der Waals surface area contributed by atoms with Crippen molar-refractivity contribution in [1.82, 2.24) is 4.90 Å². The fourth-order valence-electron chi connectivity index (χ4n) is 2.05. The molecule has 19 heavy (non-hydrogen) atoms. The average molecular weight is 284 g/mol. The zero-order valence-electron chi connectivity index (χ0n) is 10.9. The van der Waals surface area contributed by atoms with Gasteiger partial charge in [0.15, 0.2) is 0 Å². The summed E-state index contributed by atoms with van der Waals surface area (Å²) in [7, 11) is 1.92. The van der Waals surface area contributed by atoms with Crippen LogP contribution >= 0.6 is 11.6 Å². The number of amides is 1. The summed E-state index contributed by atoms with van der Waals surface area (Å²) in [5, 5.41) is 3.32. The van der Waals surface area contributed by atoms with Gasteiger partial charge < -0.3 is 15.8 Å². The van der Waals surface area contributed by atoms with Crippen molar-refractivity contribution in [3.63, 3.8) is 0 Å². The Hall–Kier alpha value is -1.30. The lowest BCUT2D eigenvalue weighted by Gasteiger charge is -2.22. The predicted octanol–water partition coefficient (Wildman–Crippen LogP) is 1.58. The third kappa shape index (κ3) is 3.83. The first-order valence-electron chi connectivity index (χ1n) is 6.19. The summed E-state index contributed by atoms with van der Waals surface area (Å²) in [4.78, 5) is 13.9. The Morgan fingerprint density at radius 2 is 2.42 bits per heavy atom. The molecule has 1 fully saturated rings. The van der Waals surface area contributed by atoms with Crippen molar-refractivity contribution in [1.29, 1.82) is 0 Å². The van der Waals surface area contributed by atoms with E-state index in [0.29, 0.717) is 35.6 Å². The number of likely N-dealkylation sites (N-methyl/N-ethyl adjacent to an activating group) is 1. The molecule has 2 rings (SSSR count). The Morgan fingerprint density at radius 3 is 3.11 bits per heavy atom. The monoisotopic (exact) mass is 283 g/mol. The molecule has 1 saturated heterocycles. The number of carbonyl (C=O) groups excluding carboxylic acids is 1. The van der Waals surface area contributed by atoms with E-state index in [1.54, 1.807) is 18.2 Å². The van der Waals surface area contributed by atoms with Crippen molar-refractivity contribution in [2.75, 3.05) is 37.9 Å². The lowest BCUT2D eigenvalue weighted by atomic mass is 10.2. The molecule has 1 unspecified atom stereocenters. The number of hydrogen-bond acceptors (Lipinski definition) is 4. The lowest BCUT2D eigenvalue weighted by Crippen LogP contribution is -2.38. The van der Waals surface area contributed by atoms with Crippen molar-refractivity contribution < 1.29 is 9.53 Å². The molecule has 1 aromatic carbocycles. The van der Waals surface area contributed by atoms with E-state index in [2.05, 4.69) is 5.32 Å². The van der Waals surface area contributed by atoms with Crippen molar-refractivity contribution >= 4 is 28.9 Å². The summed E-state index contributed by atoms with van der Waals surface area (Å²) >= 11 is 5.88. The van der Waals surface area contributed by atoms with Crippen LogP contribution in [0.2, 0.25) is 5.02 Å². The van der Waals surface area contributed by atoms with Crippen molar-refractivity contribution in [2.45, 2.75) is 12.5 Å². The molecule has 1 aliphatic heterocycles. The molecule has 0 radical (unpaired) electrons. The number of carbonyl (C=O) groups is 1. The van der Waals surface area contributed by atoms with E-state index in [9.17, 15) is 4.79 Å².